The molecule has 0 aromatic carbocycles. The molecule has 1 aliphatic heterocycles. The summed E-state index contributed by atoms with van der Waals surface area (Å²) in [7, 11) is 0. The third kappa shape index (κ3) is 2.49. The van der Waals surface area contributed by atoms with Crippen LogP contribution in [-0.2, 0) is 4.79 Å². The van der Waals surface area contributed by atoms with Crippen molar-refractivity contribution >= 4 is 21.9 Å². The summed E-state index contributed by atoms with van der Waals surface area (Å²) in [5.41, 5.74) is 0. The quantitative estimate of drug-likeness (QED) is 0.835. The van der Waals surface area contributed by atoms with E-state index in [-0.39, 0.29) is 5.92 Å². The van der Waals surface area contributed by atoms with E-state index in [2.05, 4.69) is 26.9 Å². The zero-order valence-electron chi connectivity index (χ0n) is 8.40. The van der Waals surface area contributed by atoms with Gasteiger partial charge in [-0.1, -0.05) is 34.2 Å². The predicted molar refractivity (Wildman–Crippen MR) is 61.9 cm³/mol. The minimum Gasteiger partial charge on any atom is -0.481 e. The molecule has 82 valence electrons. The highest BCUT2D eigenvalue weighted by molar-refractivity contribution is 9.11. The van der Waals surface area contributed by atoms with Crippen LogP contribution in [0.3, 0.4) is 0 Å². The zero-order chi connectivity index (χ0) is 10.8. The van der Waals surface area contributed by atoms with E-state index in [1.807, 2.05) is 12.2 Å². The Labute approximate surface area is 97.6 Å². The first kappa shape index (κ1) is 10.9. The third-order valence-electron chi connectivity index (χ3n) is 3.05. The monoisotopic (exact) mass is 271 g/mol. The fourth-order valence-corrected chi connectivity index (χ4v) is 2.65. The fourth-order valence-electron chi connectivity index (χ4n) is 2.17. The lowest BCUT2D eigenvalue weighted by molar-refractivity contribution is -0.141. The molecule has 2 atom stereocenters. The zero-order valence-corrected chi connectivity index (χ0v) is 9.98. The number of carboxylic acid groups (broad SMARTS) is 1. The summed E-state index contributed by atoms with van der Waals surface area (Å²) in [5, 5.41) is 8.92. The number of hydrogen-bond acceptors (Lipinski definition) is 2. The number of allylic oxidation sites excluding steroid dienone is 2. The number of hydrogen-bond donors (Lipinski definition) is 1. The van der Waals surface area contributed by atoms with Gasteiger partial charge in [-0.25, -0.2) is 0 Å². The van der Waals surface area contributed by atoms with Crippen molar-refractivity contribution in [2.75, 3.05) is 13.1 Å². The number of carboxylic acids is 1. The average Bonchev–Trinajstić information content (AvgIpc) is 2.66. The van der Waals surface area contributed by atoms with Gasteiger partial charge in [0, 0.05) is 12.6 Å². The van der Waals surface area contributed by atoms with Crippen molar-refractivity contribution < 1.29 is 9.90 Å². The Bertz CT molecular complexity index is 325. The normalized spacial score (nSPS) is 31.7. The summed E-state index contributed by atoms with van der Waals surface area (Å²) in [4.78, 5) is 13.1. The van der Waals surface area contributed by atoms with Gasteiger partial charge in [-0.3, -0.25) is 9.69 Å². The Balaban J connectivity index is 1.94. The summed E-state index contributed by atoms with van der Waals surface area (Å²) >= 11 is 3.49. The molecule has 1 N–H and O–H groups in total. The lowest BCUT2D eigenvalue weighted by atomic mass is 10.1. The van der Waals surface area contributed by atoms with E-state index in [1.165, 1.54) is 4.48 Å². The van der Waals surface area contributed by atoms with Gasteiger partial charge < -0.3 is 5.11 Å². The largest absolute Gasteiger partial charge is 0.481 e. The van der Waals surface area contributed by atoms with Crippen LogP contribution < -0.4 is 0 Å². The Kier molecular flexibility index (Phi) is 3.26. The predicted octanol–water partition coefficient (Wildman–Crippen LogP) is 2.00. The molecule has 1 saturated heterocycles. The van der Waals surface area contributed by atoms with Crippen molar-refractivity contribution in [2.24, 2.45) is 5.92 Å². The molecule has 0 spiro atoms. The average molecular weight is 272 g/mol. The topological polar surface area (TPSA) is 40.5 Å². The molecule has 4 heteroatoms. The van der Waals surface area contributed by atoms with Crippen LogP contribution in [0.1, 0.15) is 12.8 Å². The molecule has 2 unspecified atom stereocenters. The van der Waals surface area contributed by atoms with E-state index < -0.39 is 5.97 Å². The highest BCUT2D eigenvalue weighted by Gasteiger charge is 2.31. The number of nitrogens with zero attached hydrogens (tertiary/aromatic N) is 1. The fraction of sp³-hybridized carbons (Fsp3) is 0.545. The van der Waals surface area contributed by atoms with E-state index in [1.54, 1.807) is 0 Å². The van der Waals surface area contributed by atoms with Gasteiger partial charge in [0.15, 0.2) is 0 Å². The Morgan fingerprint density at radius 3 is 3.00 bits per heavy atom. The van der Waals surface area contributed by atoms with Gasteiger partial charge >= 0.3 is 5.97 Å². The van der Waals surface area contributed by atoms with E-state index >= 15 is 0 Å². The highest BCUT2D eigenvalue weighted by Crippen LogP contribution is 2.26. The molecule has 0 aromatic heterocycles. The maximum absolute atomic E-state index is 10.8. The summed E-state index contributed by atoms with van der Waals surface area (Å²) in [5.74, 6) is -0.838. The Morgan fingerprint density at radius 2 is 2.40 bits per heavy atom. The van der Waals surface area contributed by atoms with Crippen molar-refractivity contribution in [3.8, 4) is 0 Å². The SMILES string of the molecule is O=C(O)C1CCN(C2C=CC=C(Br)C2)C1. The number of carbonyl (C=O) groups is 1. The second-order valence-electron chi connectivity index (χ2n) is 4.09. The standard InChI is InChI=1S/C11H14BrNO2/c12-9-2-1-3-10(6-9)13-5-4-8(7-13)11(14)15/h1-3,8,10H,4-7H2,(H,14,15). The van der Waals surface area contributed by atoms with Crippen LogP contribution in [0.4, 0.5) is 0 Å². The first-order valence-electron chi connectivity index (χ1n) is 5.16. The Hall–Kier alpha value is -0.610. The maximum atomic E-state index is 10.8. The second-order valence-corrected chi connectivity index (χ2v) is 5.11. The van der Waals surface area contributed by atoms with Gasteiger partial charge in [0.1, 0.15) is 0 Å². The molecule has 0 bridgehead atoms. The van der Waals surface area contributed by atoms with Crippen LogP contribution in [0.2, 0.25) is 0 Å². The number of likely N-dealkylation sites (tertiary alicyclic amines) is 1. The van der Waals surface area contributed by atoms with E-state index in [0.717, 1.165) is 19.4 Å². The first-order valence-corrected chi connectivity index (χ1v) is 5.96. The molecule has 1 heterocycles. The molecule has 15 heavy (non-hydrogen) atoms. The van der Waals surface area contributed by atoms with Gasteiger partial charge in [0.2, 0.25) is 0 Å². The van der Waals surface area contributed by atoms with Crippen LogP contribution in [0, 0.1) is 5.92 Å². The number of halogens is 1. The van der Waals surface area contributed by atoms with Crippen molar-refractivity contribution in [3.05, 3.63) is 22.7 Å². The molecule has 1 aliphatic carbocycles. The summed E-state index contributed by atoms with van der Waals surface area (Å²) in [6.45, 7) is 1.58. The summed E-state index contributed by atoms with van der Waals surface area (Å²) in [6.07, 6.45) is 7.96. The lowest BCUT2D eigenvalue weighted by Crippen LogP contribution is -2.33. The van der Waals surface area contributed by atoms with Gasteiger partial charge in [-0.05, 0) is 23.9 Å². The second kappa shape index (κ2) is 4.49. The van der Waals surface area contributed by atoms with Crippen LogP contribution in [0.15, 0.2) is 22.7 Å². The minimum atomic E-state index is -0.660. The molecule has 0 saturated carbocycles. The van der Waals surface area contributed by atoms with E-state index in [4.69, 9.17) is 5.11 Å². The lowest BCUT2D eigenvalue weighted by Gasteiger charge is -2.26. The first-order chi connectivity index (χ1) is 7.16. The van der Waals surface area contributed by atoms with Gasteiger partial charge in [0.25, 0.3) is 0 Å². The molecule has 1 fully saturated rings. The van der Waals surface area contributed by atoms with Crippen LogP contribution in [0.25, 0.3) is 0 Å². The maximum Gasteiger partial charge on any atom is 0.307 e. The molecule has 3 nitrogen and oxygen atoms in total. The number of rotatable bonds is 2. The molecule has 2 rings (SSSR count). The molecule has 0 radical (unpaired) electrons. The van der Waals surface area contributed by atoms with Crippen molar-refractivity contribution in [2.45, 2.75) is 18.9 Å². The highest BCUT2D eigenvalue weighted by atomic mass is 79.9. The van der Waals surface area contributed by atoms with Crippen molar-refractivity contribution in [3.63, 3.8) is 0 Å². The smallest absolute Gasteiger partial charge is 0.307 e. The molecule has 0 aromatic rings. The van der Waals surface area contributed by atoms with E-state index in [9.17, 15) is 4.79 Å². The van der Waals surface area contributed by atoms with Crippen molar-refractivity contribution in [1.29, 1.82) is 0 Å². The molecular formula is C11H14BrNO2. The van der Waals surface area contributed by atoms with Gasteiger partial charge in [-0.2, -0.15) is 0 Å². The number of aliphatic carboxylic acids is 1. The third-order valence-corrected chi connectivity index (χ3v) is 3.64. The molecule has 0 amide bonds. The molecule has 2 aliphatic rings. The summed E-state index contributed by atoms with van der Waals surface area (Å²) < 4.78 is 1.19. The molecular weight excluding hydrogens is 258 g/mol. The van der Waals surface area contributed by atoms with Crippen LogP contribution in [0.5, 0.6) is 0 Å². The van der Waals surface area contributed by atoms with Gasteiger partial charge in [0.05, 0.1) is 5.92 Å². The summed E-state index contributed by atoms with van der Waals surface area (Å²) in [6, 6.07) is 0.369. The van der Waals surface area contributed by atoms with Crippen molar-refractivity contribution in [1.82, 2.24) is 4.90 Å². The van der Waals surface area contributed by atoms with Crippen LogP contribution >= 0.6 is 15.9 Å². The van der Waals surface area contributed by atoms with Gasteiger partial charge in [-0.15, -0.1) is 0 Å². The van der Waals surface area contributed by atoms with E-state index in [0.29, 0.717) is 12.6 Å². The van der Waals surface area contributed by atoms with Crippen LogP contribution in [-0.4, -0.2) is 35.1 Å². The minimum absolute atomic E-state index is 0.178. The Morgan fingerprint density at radius 1 is 1.60 bits per heavy atom.